The lowest BCUT2D eigenvalue weighted by Gasteiger charge is -2.25. The van der Waals surface area contributed by atoms with Gasteiger partial charge < -0.3 is 26.6 Å². The first-order valence-corrected chi connectivity index (χ1v) is 11.7. The molecular formula is C27H29N5O2. The normalized spacial score (nSPS) is 17.2. The molecule has 5 rings (SSSR count). The van der Waals surface area contributed by atoms with Crippen molar-refractivity contribution in [1.82, 2.24) is 10.2 Å². The van der Waals surface area contributed by atoms with Crippen molar-refractivity contribution in [3.05, 3.63) is 89.0 Å². The highest BCUT2D eigenvalue weighted by Gasteiger charge is 2.30. The number of carbonyl (C=O) groups excluding carboxylic acids is 2. The Balaban J connectivity index is 1.29. The van der Waals surface area contributed by atoms with Crippen molar-refractivity contribution in [3.63, 3.8) is 0 Å². The number of fused-ring (bicyclic) bond motifs is 1. The van der Waals surface area contributed by atoms with Gasteiger partial charge in [0.1, 0.15) is 0 Å². The van der Waals surface area contributed by atoms with E-state index in [0.717, 1.165) is 43.6 Å². The van der Waals surface area contributed by atoms with Gasteiger partial charge in [-0.15, -0.1) is 0 Å². The summed E-state index contributed by atoms with van der Waals surface area (Å²) in [6.45, 7) is 2.48. The van der Waals surface area contributed by atoms with Gasteiger partial charge in [0.15, 0.2) is 0 Å². The number of hydrogen-bond acceptors (Lipinski definition) is 4. The summed E-state index contributed by atoms with van der Waals surface area (Å²) < 4.78 is 0. The minimum atomic E-state index is -0.151. The molecule has 7 nitrogen and oxygen atoms in total. The first-order valence-electron chi connectivity index (χ1n) is 11.7. The molecule has 0 bridgehead atoms. The van der Waals surface area contributed by atoms with E-state index in [-0.39, 0.29) is 18.0 Å². The Morgan fingerprint density at radius 2 is 1.76 bits per heavy atom. The molecule has 1 fully saturated rings. The topological polar surface area (TPSA) is 99.5 Å². The van der Waals surface area contributed by atoms with E-state index in [9.17, 15) is 9.59 Å². The standard InChI is InChI=1S/C27H29N5O2/c28-22-7-10-23(11-8-22)31-27(34)32-14-2-5-25(32)19-3-1-4-20(15-19)26(33)30-24-9-6-18-12-13-29-17-21(18)16-24/h1,3-4,6-11,15-16,25,29H,2,5,12-14,17,28H2,(H,30,33)(H,31,34). The lowest BCUT2D eigenvalue weighted by molar-refractivity contribution is 0.102. The van der Waals surface area contributed by atoms with Crippen molar-refractivity contribution < 1.29 is 9.59 Å². The fourth-order valence-corrected chi connectivity index (χ4v) is 4.77. The van der Waals surface area contributed by atoms with Gasteiger partial charge in [0.05, 0.1) is 6.04 Å². The fraction of sp³-hybridized carbons (Fsp3) is 0.259. The second kappa shape index (κ2) is 9.57. The van der Waals surface area contributed by atoms with Crippen LogP contribution in [0.5, 0.6) is 0 Å². The Labute approximate surface area is 199 Å². The average Bonchev–Trinajstić information content (AvgIpc) is 3.36. The Morgan fingerprint density at radius 1 is 0.941 bits per heavy atom. The molecule has 1 unspecified atom stereocenters. The van der Waals surface area contributed by atoms with Gasteiger partial charge in [-0.2, -0.15) is 0 Å². The quantitative estimate of drug-likeness (QED) is 0.434. The van der Waals surface area contributed by atoms with Gasteiger partial charge in [-0.05, 0) is 91.0 Å². The van der Waals surface area contributed by atoms with Crippen LogP contribution in [0.15, 0.2) is 66.7 Å². The van der Waals surface area contributed by atoms with E-state index in [1.165, 1.54) is 11.1 Å². The number of nitrogens with one attached hydrogen (secondary N) is 3. The molecule has 0 aliphatic carbocycles. The molecule has 2 aliphatic rings. The first kappa shape index (κ1) is 22.0. The Kier molecular flexibility index (Phi) is 6.18. The molecule has 34 heavy (non-hydrogen) atoms. The van der Waals surface area contributed by atoms with Crippen LogP contribution in [0.25, 0.3) is 0 Å². The van der Waals surface area contributed by atoms with Gasteiger partial charge in [0.2, 0.25) is 0 Å². The molecular weight excluding hydrogens is 426 g/mol. The molecule has 0 radical (unpaired) electrons. The highest BCUT2D eigenvalue weighted by molar-refractivity contribution is 6.04. The predicted octanol–water partition coefficient (Wildman–Crippen LogP) is 4.54. The van der Waals surface area contributed by atoms with Crippen LogP contribution in [0.4, 0.5) is 21.9 Å². The van der Waals surface area contributed by atoms with Crippen LogP contribution in [-0.2, 0) is 13.0 Å². The molecule has 0 aromatic heterocycles. The molecule has 5 N–H and O–H groups in total. The summed E-state index contributed by atoms with van der Waals surface area (Å²) in [5.74, 6) is -0.151. The van der Waals surface area contributed by atoms with E-state index < -0.39 is 0 Å². The third kappa shape index (κ3) is 4.75. The van der Waals surface area contributed by atoms with Crippen molar-refractivity contribution in [2.75, 3.05) is 29.5 Å². The summed E-state index contributed by atoms with van der Waals surface area (Å²) >= 11 is 0. The molecule has 2 heterocycles. The third-order valence-corrected chi connectivity index (χ3v) is 6.56. The number of likely N-dealkylation sites (tertiary alicyclic amines) is 1. The zero-order valence-electron chi connectivity index (χ0n) is 19.0. The lowest BCUT2D eigenvalue weighted by atomic mass is 10.00. The number of benzene rings is 3. The van der Waals surface area contributed by atoms with Crippen LogP contribution in [-0.4, -0.2) is 29.9 Å². The van der Waals surface area contributed by atoms with Crippen molar-refractivity contribution in [2.45, 2.75) is 31.8 Å². The van der Waals surface area contributed by atoms with Crippen molar-refractivity contribution >= 4 is 29.0 Å². The van der Waals surface area contributed by atoms with Crippen molar-refractivity contribution in [1.29, 1.82) is 0 Å². The predicted molar refractivity (Wildman–Crippen MR) is 135 cm³/mol. The number of urea groups is 1. The lowest BCUT2D eigenvalue weighted by Crippen LogP contribution is -2.34. The van der Waals surface area contributed by atoms with Crippen LogP contribution in [0.1, 0.15) is 45.9 Å². The zero-order valence-corrected chi connectivity index (χ0v) is 19.0. The maximum atomic E-state index is 13.0. The maximum Gasteiger partial charge on any atom is 0.322 e. The molecule has 1 saturated heterocycles. The fourth-order valence-electron chi connectivity index (χ4n) is 4.77. The number of carbonyl (C=O) groups is 2. The molecule has 3 amide bonds. The minimum absolute atomic E-state index is 0.0728. The van der Waals surface area contributed by atoms with Crippen molar-refractivity contribution in [3.8, 4) is 0 Å². The molecule has 0 spiro atoms. The monoisotopic (exact) mass is 455 g/mol. The Bertz CT molecular complexity index is 1210. The van der Waals surface area contributed by atoms with Crippen LogP contribution in [0, 0.1) is 0 Å². The third-order valence-electron chi connectivity index (χ3n) is 6.56. The van der Waals surface area contributed by atoms with Gasteiger partial charge in [-0.25, -0.2) is 4.79 Å². The Hall–Kier alpha value is -3.84. The number of amides is 3. The smallest absolute Gasteiger partial charge is 0.322 e. The molecule has 7 heteroatoms. The minimum Gasteiger partial charge on any atom is -0.399 e. The molecule has 174 valence electrons. The van der Waals surface area contributed by atoms with Crippen LogP contribution >= 0.6 is 0 Å². The number of nitrogens with two attached hydrogens (primary N) is 1. The van der Waals surface area contributed by atoms with E-state index in [0.29, 0.717) is 23.5 Å². The highest BCUT2D eigenvalue weighted by Crippen LogP contribution is 2.33. The van der Waals surface area contributed by atoms with E-state index in [1.54, 1.807) is 24.3 Å². The number of nitrogens with zero attached hydrogens (tertiary/aromatic N) is 1. The van der Waals surface area contributed by atoms with E-state index in [4.69, 9.17) is 5.73 Å². The largest absolute Gasteiger partial charge is 0.399 e. The second-order valence-corrected chi connectivity index (χ2v) is 8.89. The summed E-state index contributed by atoms with van der Waals surface area (Å²) in [7, 11) is 0. The number of nitrogen functional groups attached to an aromatic ring is 1. The Morgan fingerprint density at radius 3 is 2.62 bits per heavy atom. The van der Waals surface area contributed by atoms with Gasteiger partial charge >= 0.3 is 6.03 Å². The number of hydrogen-bond donors (Lipinski definition) is 4. The van der Waals surface area contributed by atoms with Gasteiger partial charge in [-0.1, -0.05) is 18.2 Å². The van der Waals surface area contributed by atoms with Gasteiger partial charge in [0, 0.05) is 35.7 Å². The maximum absolute atomic E-state index is 13.0. The summed E-state index contributed by atoms with van der Waals surface area (Å²) in [6.07, 6.45) is 2.78. The molecule has 2 aliphatic heterocycles. The van der Waals surface area contributed by atoms with Gasteiger partial charge in [0.25, 0.3) is 5.91 Å². The van der Waals surface area contributed by atoms with E-state index in [1.807, 2.05) is 41.3 Å². The van der Waals surface area contributed by atoms with E-state index >= 15 is 0 Å². The van der Waals surface area contributed by atoms with Crippen LogP contribution < -0.4 is 21.7 Å². The first-order chi connectivity index (χ1) is 16.6. The zero-order chi connectivity index (χ0) is 23.5. The average molecular weight is 456 g/mol. The molecule has 0 saturated carbocycles. The second-order valence-electron chi connectivity index (χ2n) is 8.89. The van der Waals surface area contributed by atoms with E-state index in [2.05, 4.69) is 22.0 Å². The van der Waals surface area contributed by atoms with Crippen LogP contribution in [0.3, 0.4) is 0 Å². The summed E-state index contributed by atoms with van der Waals surface area (Å²) in [4.78, 5) is 27.8. The molecule has 3 aromatic rings. The molecule has 1 atom stereocenters. The number of rotatable bonds is 4. The van der Waals surface area contributed by atoms with Crippen molar-refractivity contribution in [2.24, 2.45) is 0 Å². The SMILES string of the molecule is Nc1ccc(NC(=O)N2CCCC2c2cccc(C(=O)Nc3ccc4c(c3)CNCC4)c2)cc1. The van der Waals surface area contributed by atoms with Crippen LogP contribution in [0.2, 0.25) is 0 Å². The summed E-state index contributed by atoms with van der Waals surface area (Å²) in [5.41, 5.74) is 12.0. The molecule has 3 aromatic carbocycles. The number of anilines is 3. The summed E-state index contributed by atoms with van der Waals surface area (Å²) in [6, 6.07) is 20.6. The summed E-state index contributed by atoms with van der Waals surface area (Å²) in [5, 5.41) is 9.35. The van der Waals surface area contributed by atoms with Gasteiger partial charge in [-0.3, -0.25) is 4.79 Å². The highest BCUT2D eigenvalue weighted by atomic mass is 16.2.